The highest BCUT2D eigenvalue weighted by Crippen LogP contribution is 2.32. The van der Waals surface area contributed by atoms with Gasteiger partial charge in [0.25, 0.3) is 11.8 Å². The minimum absolute atomic E-state index is 0.182. The number of carbonyl (C=O) groups excluding carboxylic acids is 2. The van der Waals surface area contributed by atoms with Crippen molar-refractivity contribution in [1.82, 2.24) is 4.90 Å². The molecule has 0 unspecified atom stereocenters. The van der Waals surface area contributed by atoms with Gasteiger partial charge in [0.2, 0.25) is 0 Å². The number of halogens is 1. The third-order valence-corrected chi connectivity index (χ3v) is 5.36. The van der Waals surface area contributed by atoms with Gasteiger partial charge in [0.05, 0.1) is 5.57 Å². The lowest BCUT2D eigenvalue weighted by atomic mass is 9.99. The van der Waals surface area contributed by atoms with Crippen molar-refractivity contribution >= 4 is 34.7 Å². The van der Waals surface area contributed by atoms with E-state index in [2.05, 4.69) is 5.32 Å². The van der Waals surface area contributed by atoms with E-state index in [-0.39, 0.29) is 17.7 Å². The summed E-state index contributed by atoms with van der Waals surface area (Å²) in [5.41, 5.74) is 5.29. The Bertz CT molecular complexity index is 992. The van der Waals surface area contributed by atoms with E-state index >= 15 is 0 Å². The average Bonchev–Trinajstić information content (AvgIpc) is 2.85. The topological polar surface area (TPSA) is 49.4 Å². The Kier molecular flexibility index (Phi) is 5.61. The summed E-state index contributed by atoms with van der Waals surface area (Å²) in [5, 5.41) is 3.76. The van der Waals surface area contributed by atoms with Crippen LogP contribution in [0.5, 0.6) is 0 Å². The van der Waals surface area contributed by atoms with Crippen molar-refractivity contribution in [2.45, 2.75) is 34.6 Å². The fourth-order valence-electron chi connectivity index (χ4n) is 3.20. The van der Waals surface area contributed by atoms with Crippen molar-refractivity contribution in [2.24, 2.45) is 5.92 Å². The number of rotatable bonds is 5. The van der Waals surface area contributed by atoms with Crippen molar-refractivity contribution in [3.05, 3.63) is 69.4 Å². The van der Waals surface area contributed by atoms with Crippen LogP contribution in [0.2, 0.25) is 5.02 Å². The normalized spacial score (nSPS) is 14.5. The summed E-state index contributed by atoms with van der Waals surface area (Å²) < 4.78 is 0. The van der Waals surface area contributed by atoms with Crippen molar-refractivity contribution in [3.8, 4) is 0 Å². The van der Waals surface area contributed by atoms with Crippen molar-refractivity contribution in [2.75, 3.05) is 11.9 Å². The number of anilines is 1. The van der Waals surface area contributed by atoms with Crippen molar-refractivity contribution in [3.63, 3.8) is 0 Å². The minimum Gasteiger partial charge on any atom is -0.350 e. The van der Waals surface area contributed by atoms with E-state index in [0.717, 1.165) is 22.3 Å². The predicted molar refractivity (Wildman–Crippen MR) is 114 cm³/mol. The molecule has 1 N–H and O–H groups in total. The molecule has 2 aromatic carbocycles. The molecule has 4 nitrogen and oxygen atoms in total. The predicted octanol–water partition coefficient (Wildman–Crippen LogP) is 5.11. The van der Waals surface area contributed by atoms with E-state index in [9.17, 15) is 9.59 Å². The van der Waals surface area contributed by atoms with Gasteiger partial charge in [-0.2, -0.15) is 0 Å². The summed E-state index contributed by atoms with van der Waals surface area (Å²) in [6.07, 6.45) is 0. The van der Waals surface area contributed by atoms with Gasteiger partial charge in [-0.15, -0.1) is 0 Å². The summed E-state index contributed by atoms with van der Waals surface area (Å²) in [6.45, 7) is 10.3. The Morgan fingerprint density at radius 2 is 1.61 bits per heavy atom. The van der Waals surface area contributed by atoms with E-state index in [1.807, 2.05) is 65.0 Å². The van der Waals surface area contributed by atoms with Gasteiger partial charge in [-0.1, -0.05) is 49.7 Å². The molecule has 3 rings (SSSR count). The molecular weight excluding hydrogens is 372 g/mol. The molecule has 0 aromatic heterocycles. The van der Waals surface area contributed by atoms with Crippen molar-refractivity contribution in [1.29, 1.82) is 0 Å². The van der Waals surface area contributed by atoms with E-state index in [0.29, 0.717) is 28.5 Å². The van der Waals surface area contributed by atoms with Crippen LogP contribution >= 0.6 is 11.6 Å². The minimum atomic E-state index is -0.302. The van der Waals surface area contributed by atoms with Gasteiger partial charge >= 0.3 is 0 Å². The molecule has 0 bridgehead atoms. The molecule has 2 amide bonds. The second-order valence-corrected chi connectivity index (χ2v) is 8.16. The summed E-state index contributed by atoms with van der Waals surface area (Å²) in [7, 11) is 0. The first-order valence-corrected chi connectivity index (χ1v) is 9.78. The summed E-state index contributed by atoms with van der Waals surface area (Å²) >= 11 is 6.24. The highest BCUT2D eigenvalue weighted by Gasteiger charge is 2.39. The molecule has 0 atom stereocenters. The third kappa shape index (κ3) is 3.83. The van der Waals surface area contributed by atoms with Crippen LogP contribution in [0.4, 0.5) is 5.69 Å². The number of aryl methyl sites for hydroxylation is 3. The third-order valence-electron chi connectivity index (χ3n) is 4.95. The first-order chi connectivity index (χ1) is 13.2. The van der Waals surface area contributed by atoms with Gasteiger partial charge in [-0.25, -0.2) is 0 Å². The highest BCUT2D eigenvalue weighted by atomic mass is 35.5. The first kappa shape index (κ1) is 20.2. The first-order valence-electron chi connectivity index (χ1n) is 9.40. The van der Waals surface area contributed by atoms with Crippen LogP contribution in [0.1, 0.15) is 36.1 Å². The number of carbonyl (C=O) groups is 2. The van der Waals surface area contributed by atoms with Gasteiger partial charge in [0.15, 0.2) is 0 Å². The second kappa shape index (κ2) is 7.80. The maximum Gasteiger partial charge on any atom is 0.278 e. The van der Waals surface area contributed by atoms with Crippen LogP contribution in [0.25, 0.3) is 5.57 Å². The zero-order valence-corrected chi connectivity index (χ0v) is 17.6. The fraction of sp³-hybridized carbons (Fsp3) is 0.304. The molecule has 1 heterocycles. The fourth-order valence-corrected chi connectivity index (χ4v) is 3.38. The van der Waals surface area contributed by atoms with E-state index in [1.165, 1.54) is 4.90 Å². The Labute approximate surface area is 171 Å². The van der Waals surface area contributed by atoms with Crippen LogP contribution in [-0.2, 0) is 9.59 Å². The number of benzene rings is 2. The monoisotopic (exact) mass is 396 g/mol. The average molecular weight is 397 g/mol. The van der Waals surface area contributed by atoms with Crippen LogP contribution in [0.3, 0.4) is 0 Å². The lowest BCUT2D eigenvalue weighted by Crippen LogP contribution is -2.35. The maximum atomic E-state index is 13.2. The van der Waals surface area contributed by atoms with Gasteiger partial charge in [0, 0.05) is 17.3 Å². The number of nitrogens with zero attached hydrogens (tertiary/aromatic N) is 1. The number of nitrogens with one attached hydrogen (secondary N) is 1. The Morgan fingerprint density at radius 3 is 2.21 bits per heavy atom. The molecule has 146 valence electrons. The van der Waals surface area contributed by atoms with Gasteiger partial charge in [0.1, 0.15) is 5.70 Å². The van der Waals surface area contributed by atoms with Gasteiger partial charge in [-0.05, 0) is 61.1 Å². The lowest BCUT2D eigenvalue weighted by Gasteiger charge is -2.17. The number of imide groups is 1. The Balaban J connectivity index is 2.10. The zero-order chi connectivity index (χ0) is 20.6. The highest BCUT2D eigenvalue weighted by molar-refractivity contribution is 6.36. The summed E-state index contributed by atoms with van der Waals surface area (Å²) in [4.78, 5) is 27.6. The molecule has 0 saturated heterocycles. The standard InChI is InChI=1S/C23H25ClN2O2/c1-13(2)12-26-22(27)20(17-8-6-14(3)16(5)10-17)21(23(26)28)25-18-9-7-15(4)19(24)11-18/h6-11,13,25H,12H2,1-5H3. The Hall–Kier alpha value is -2.59. The van der Waals surface area contributed by atoms with Crippen LogP contribution in [-0.4, -0.2) is 23.3 Å². The van der Waals surface area contributed by atoms with E-state index in [4.69, 9.17) is 11.6 Å². The number of amides is 2. The molecule has 2 aromatic rings. The second-order valence-electron chi connectivity index (χ2n) is 7.75. The lowest BCUT2D eigenvalue weighted by molar-refractivity contribution is -0.137. The van der Waals surface area contributed by atoms with Crippen LogP contribution < -0.4 is 5.32 Å². The molecule has 0 aliphatic carbocycles. The summed E-state index contributed by atoms with van der Waals surface area (Å²) in [6, 6.07) is 11.3. The van der Waals surface area contributed by atoms with Gasteiger partial charge in [-0.3, -0.25) is 14.5 Å². The molecule has 0 radical (unpaired) electrons. The quantitative estimate of drug-likeness (QED) is 0.714. The van der Waals surface area contributed by atoms with Crippen molar-refractivity contribution < 1.29 is 9.59 Å². The Morgan fingerprint density at radius 1 is 0.929 bits per heavy atom. The van der Waals surface area contributed by atoms with E-state index in [1.54, 1.807) is 6.07 Å². The molecular formula is C23H25ClN2O2. The number of hydrogen-bond acceptors (Lipinski definition) is 3. The van der Waals surface area contributed by atoms with Crippen LogP contribution in [0.15, 0.2) is 42.1 Å². The van der Waals surface area contributed by atoms with E-state index < -0.39 is 0 Å². The molecule has 0 saturated carbocycles. The molecule has 0 fully saturated rings. The van der Waals surface area contributed by atoms with Gasteiger partial charge < -0.3 is 5.32 Å². The maximum absolute atomic E-state index is 13.2. The molecule has 0 spiro atoms. The smallest absolute Gasteiger partial charge is 0.278 e. The summed E-state index contributed by atoms with van der Waals surface area (Å²) in [5.74, 6) is -0.381. The molecule has 5 heteroatoms. The molecule has 1 aliphatic heterocycles. The SMILES string of the molecule is Cc1ccc(C2=C(Nc3ccc(C)c(Cl)c3)C(=O)N(CC(C)C)C2=O)cc1C. The van der Waals surface area contributed by atoms with Crippen LogP contribution in [0, 0.1) is 26.7 Å². The molecule has 28 heavy (non-hydrogen) atoms. The molecule has 1 aliphatic rings. The zero-order valence-electron chi connectivity index (χ0n) is 16.9. The largest absolute Gasteiger partial charge is 0.350 e. The number of hydrogen-bond donors (Lipinski definition) is 1.